The number of hydrogen-bond acceptors (Lipinski definition) is 3. The fourth-order valence-electron chi connectivity index (χ4n) is 3.15. The van der Waals surface area contributed by atoms with Crippen molar-refractivity contribution in [1.29, 1.82) is 0 Å². The Hall–Kier alpha value is -3.87. The van der Waals surface area contributed by atoms with E-state index in [-0.39, 0.29) is 5.56 Å². The summed E-state index contributed by atoms with van der Waals surface area (Å²) >= 11 is 0. The van der Waals surface area contributed by atoms with Gasteiger partial charge in [0.05, 0.1) is 21.9 Å². The molecule has 0 spiro atoms. The third-order valence-corrected chi connectivity index (χ3v) is 4.57. The van der Waals surface area contributed by atoms with Gasteiger partial charge in [-0.1, -0.05) is 36.4 Å². The van der Waals surface area contributed by atoms with Crippen LogP contribution in [0.3, 0.4) is 0 Å². The number of para-hydroxylation sites is 1. The van der Waals surface area contributed by atoms with Crippen molar-refractivity contribution in [3.63, 3.8) is 0 Å². The zero-order valence-electron chi connectivity index (χ0n) is 14.3. The third-order valence-electron chi connectivity index (χ3n) is 4.57. The van der Waals surface area contributed by atoms with Crippen LogP contribution in [0.15, 0.2) is 65.5 Å². The molecule has 0 aliphatic heterocycles. The number of nitrogens with one attached hydrogen (secondary N) is 2. The van der Waals surface area contributed by atoms with Crippen molar-refractivity contribution in [1.82, 2.24) is 19.9 Å². The summed E-state index contributed by atoms with van der Waals surface area (Å²) in [4.78, 5) is 26.8. The van der Waals surface area contributed by atoms with Gasteiger partial charge in [-0.25, -0.2) is 18.7 Å². The molecule has 0 radical (unpaired) electrons. The second kappa shape index (κ2) is 6.09. The van der Waals surface area contributed by atoms with Crippen molar-refractivity contribution in [3.8, 4) is 22.8 Å². The van der Waals surface area contributed by atoms with Gasteiger partial charge in [0.1, 0.15) is 11.6 Å². The maximum Gasteiger partial charge on any atom is 0.259 e. The van der Waals surface area contributed by atoms with Gasteiger partial charge >= 0.3 is 0 Å². The minimum absolute atomic E-state index is 0.203. The Kier molecular flexibility index (Phi) is 3.55. The molecule has 0 amide bonds. The summed E-state index contributed by atoms with van der Waals surface area (Å²) in [5, 5.41) is 0.532. The lowest BCUT2D eigenvalue weighted by atomic mass is 10.1. The second-order valence-electron chi connectivity index (χ2n) is 6.38. The predicted molar refractivity (Wildman–Crippen MR) is 103 cm³/mol. The van der Waals surface area contributed by atoms with Crippen LogP contribution < -0.4 is 5.56 Å². The van der Waals surface area contributed by atoms with E-state index in [4.69, 9.17) is 0 Å². The van der Waals surface area contributed by atoms with Crippen LogP contribution in [-0.2, 0) is 0 Å². The third kappa shape index (κ3) is 2.64. The molecule has 5 aromatic rings. The molecule has 2 aromatic heterocycles. The largest absolute Gasteiger partial charge is 0.338 e. The lowest BCUT2D eigenvalue weighted by Crippen LogP contribution is -2.09. The summed E-state index contributed by atoms with van der Waals surface area (Å²) < 4.78 is 26.8. The van der Waals surface area contributed by atoms with Gasteiger partial charge in [-0.3, -0.25) is 4.79 Å². The summed E-state index contributed by atoms with van der Waals surface area (Å²) in [5.74, 6) is -0.910. The van der Waals surface area contributed by atoms with Crippen LogP contribution in [0.4, 0.5) is 8.78 Å². The minimum atomic E-state index is -0.938. The summed E-state index contributed by atoms with van der Waals surface area (Å²) in [6.45, 7) is 0. The molecular formula is C21H12F2N4O. The Morgan fingerprint density at radius 1 is 0.714 bits per heavy atom. The van der Waals surface area contributed by atoms with Gasteiger partial charge in [-0.2, -0.15) is 0 Å². The van der Waals surface area contributed by atoms with Crippen molar-refractivity contribution >= 4 is 21.9 Å². The van der Waals surface area contributed by atoms with Crippen molar-refractivity contribution < 1.29 is 8.78 Å². The monoisotopic (exact) mass is 374 g/mol. The van der Waals surface area contributed by atoms with Gasteiger partial charge in [0.15, 0.2) is 11.6 Å². The van der Waals surface area contributed by atoms with E-state index >= 15 is 0 Å². The molecule has 7 heteroatoms. The van der Waals surface area contributed by atoms with Gasteiger partial charge in [0, 0.05) is 23.3 Å². The maximum absolute atomic E-state index is 13.4. The molecule has 0 unspecified atom stereocenters. The summed E-state index contributed by atoms with van der Waals surface area (Å²) in [6, 6.07) is 16.5. The van der Waals surface area contributed by atoms with Crippen LogP contribution in [0, 0.1) is 11.6 Å². The molecule has 0 atom stereocenters. The number of fused-ring (bicyclic) bond motifs is 2. The van der Waals surface area contributed by atoms with Crippen LogP contribution in [0.25, 0.3) is 44.7 Å². The van der Waals surface area contributed by atoms with Crippen LogP contribution >= 0.6 is 0 Å². The predicted octanol–water partition coefficient (Wildman–Crippen LogP) is 4.41. The SMILES string of the molecule is O=c1[nH]c(-c2ccc(-c3nc4cc(F)c(F)cc4[nH]3)cc2)nc2ccccc12. The first-order valence-electron chi connectivity index (χ1n) is 8.53. The summed E-state index contributed by atoms with van der Waals surface area (Å²) in [6.07, 6.45) is 0. The molecule has 0 aliphatic rings. The van der Waals surface area contributed by atoms with Gasteiger partial charge in [0.25, 0.3) is 5.56 Å². The number of imidazole rings is 1. The number of aromatic nitrogens is 4. The highest BCUT2D eigenvalue weighted by Crippen LogP contribution is 2.25. The van der Waals surface area contributed by atoms with E-state index in [1.165, 1.54) is 0 Å². The first-order valence-corrected chi connectivity index (χ1v) is 8.53. The van der Waals surface area contributed by atoms with Crippen molar-refractivity contribution in [2.45, 2.75) is 0 Å². The molecule has 0 bridgehead atoms. The molecule has 0 aliphatic carbocycles. The zero-order valence-corrected chi connectivity index (χ0v) is 14.3. The van der Waals surface area contributed by atoms with E-state index in [0.29, 0.717) is 33.6 Å². The van der Waals surface area contributed by atoms with Gasteiger partial charge in [-0.15, -0.1) is 0 Å². The highest BCUT2D eigenvalue weighted by molar-refractivity contribution is 5.81. The van der Waals surface area contributed by atoms with Crippen LogP contribution in [0.1, 0.15) is 0 Å². The molecule has 0 saturated heterocycles. The average molecular weight is 374 g/mol. The molecule has 0 saturated carbocycles. The number of aromatic amines is 2. The van der Waals surface area contributed by atoms with E-state index in [1.807, 2.05) is 6.07 Å². The number of benzene rings is 3. The number of H-pyrrole nitrogens is 2. The van der Waals surface area contributed by atoms with E-state index in [2.05, 4.69) is 19.9 Å². The topological polar surface area (TPSA) is 74.4 Å². The number of hydrogen-bond donors (Lipinski definition) is 2. The molecular weight excluding hydrogens is 362 g/mol. The molecule has 2 N–H and O–H groups in total. The Balaban J connectivity index is 1.55. The zero-order chi connectivity index (χ0) is 19.3. The summed E-state index contributed by atoms with van der Waals surface area (Å²) in [5.41, 5.74) is 2.65. The fourth-order valence-corrected chi connectivity index (χ4v) is 3.15. The molecule has 136 valence electrons. The van der Waals surface area contributed by atoms with E-state index < -0.39 is 11.6 Å². The van der Waals surface area contributed by atoms with Crippen LogP contribution in [0.2, 0.25) is 0 Å². The standard InChI is InChI=1S/C21H12F2N4O/c22-14-9-17-18(10-15(14)23)26-19(25-17)11-5-7-12(8-6-11)20-24-16-4-2-1-3-13(16)21(28)27-20/h1-10H,(H,25,26)(H,24,27,28). The Morgan fingerprint density at radius 2 is 1.32 bits per heavy atom. The number of rotatable bonds is 2. The molecule has 5 rings (SSSR count). The first kappa shape index (κ1) is 16.3. The Labute approximate surface area is 156 Å². The summed E-state index contributed by atoms with van der Waals surface area (Å²) in [7, 11) is 0. The number of nitrogens with zero attached hydrogens (tertiary/aromatic N) is 2. The van der Waals surface area contributed by atoms with Crippen molar-refractivity contribution in [3.05, 3.63) is 82.7 Å². The average Bonchev–Trinajstić information content (AvgIpc) is 3.11. The van der Waals surface area contributed by atoms with E-state index in [0.717, 1.165) is 23.3 Å². The highest BCUT2D eigenvalue weighted by Gasteiger charge is 2.11. The molecule has 5 nitrogen and oxygen atoms in total. The Bertz CT molecular complexity index is 1370. The fraction of sp³-hybridized carbons (Fsp3) is 0. The van der Waals surface area contributed by atoms with Gasteiger partial charge in [-0.05, 0) is 12.1 Å². The maximum atomic E-state index is 13.4. The van der Waals surface area contributed by atoms with E-state index in [1.54, 1.807) is 42.5 Å². The second-order valence-corrected chi connectivity index (χ2v) is 6.38. The number of halogens is 2. The smallest absolute Gasteiger partial charge is 0.259 e. The Morgan fingerprint density at radius 3 is 2.07 bits per heavy atom. The van der Waals surface area contributed by atoms with Crippen LogP contribution in [-0.4, -0.2) is 19.9 Å². The molecule has 2 heterocycles. The molecule has 28 heavy (non-hydrogen) atoms. The van der Waals surface area contributed by atoms with Gasteiger partial charge < -0.3 is 9.97 Å². The van der Waals surface area contributed by atoms with Crippen molar-refractivity contribution in [2.75, 3.05) is 0 Å². The first-order chi connectivity index (χ1) is 13.6. The van der Waals surface area contributed by atoms with Crippen LogP contribution in [0.5, 0.6) is 0 Å². The van der Waals surface area contributed by atoms with Crippen molar-refractivity contribution in [2.24, 2.45) is 0 Å². The quantitative estimate of drug-likeness (QED) is 0.481. The lowest BCUT2D eigenvalue weighted by Gasteiger charge is -2.04. The van der Waals surface area contributed by atoms with E-state index in [9.17, 15) is 13.6 Å². The molecule has 3 aromatic carbocycles. The minimum Gasteiger partial charge on any atom is -0.338 e. The molecule has 0 fully saturated rings. The highest BCUT2D eigenvalue weighted by atomic mass is 19.2. The lowest BCUT2D eigenvalue weighted by molar-refractivity contribution is 0.510. The van der Waals surface area contributed by atoms with Gasteiger partial charge in [0.2, 0.25) is 0 Å². The normalized spacial score (nSPS) is 11.4.